The number of anilines is 1. The van der Waals surface area contributed by atoms with Gasteiger partial charge in [-0.1, -0.05) is 6.92 Å². The zero-order valence-corrected chi connectivity index (χ0v) is 9.87. The number of hydrogen-bond acceptors (Lipinski definition) is 2. The second-order valence-corrected chi connectivity index (χ2v) is 3.31. The third-order valence-electron chi connectivity index (χ3n) is 2.27. The molecule has 1 aromatic rings. The standard InChI is InChI=1S/C12H17N3O/c1-4-11(13-2)15-10-7-5-9(6-8-10)12(16)14-3/h5-8H,4H2,1-3H3,(H,13,15)(H,14,16). The first-order valence-corrected chi connectivity index (χ1v) is 5.26. The molecule has 0 spiro atoms. The van der Waals surface area contributed by atoms with Gasteiger partial charge in [-0.2, -0.15) is 0 Å². The van der Waals surface area contributed by atoms with Crippen LogP contribution in [0.1, 0.15) is 23.7 Å². The molecule has 0 unspecified atom stereocenters. The highest BCUT2D eigenvalue weighted by atomic mass is 16.1. The summed E-state index contributed by atoms with van der Waals surface area (Å²) in [7, 11) is 3.37. The maximum atomic E-state index is 11.3. The van der Waals surface area contributed by atoms with Gasteiger partial charge in [0.25, 0.3) is 5.91 Å². The van der Waals surface area contributed by atoms with E-state index in [0.29, 0.717) is 5.56 Å². The van der Waals surface area contributed by atoms with Crippen molar-refractivity contribution in [2.24, 2.45) is 4.99 Å². The summed E-state index contributed by atoms with van der Waals surface area (Å²) in [4.78, 5) is 15.4. The van der Waals surface area contributed by atoms with Gasteiger partial charge in [-0.15, -0.1) is 0 Å². The molecule has 0 atom stereocenters. The van der Waals surface area contributed by atoms with E-state index >= 15 is 0 Å². The highest BCUT2D eigenvalue weighted by molar-refractivity contribution is 5.97. The SMILES string of the molecule is CCC(=NC)Nc1ccc(C(=O)NC)cc1. The first kappa shape index (κ1) is 12.2. The minimum Gasteiger partial charge on any atom is -0.355 e. The molecule has 1 amide bonds. The smallest absolute Gasteiger partial charge is 0.251 e. The average molecular weight is 219 g/mol. The van der Waals surface area contributed by atoms with Gasteiger partial charge in [-0.3, -0.25) is 9.79 Å². The molecule has 0 aliphatic carbocycles. The number of nitrogens with zero attached hydrogens (tertiary/aromatic N) is 1. The summed E-state index contributed by atoms with van der Waals surface area (Å²) in [5.41, 5.74) is 1.59. The number of hydrogen-bond donors (Lipinski definition) is 2. The summed E-state index contributed by atoms with van der Waals surface area (Å²) in [6.45, 7) is 2.04. The maximum Gasteiger partial charge on any atom is 0.251 e. The summed E-state index contributed by atoms with van der Waals surface area (Å²) in [5, 5.41) is 5.76. The third kappa shape index (κ3) is 3.08. The van der Waals surface area contributed by atoms with Crippen LogP contribution in [0.15, 0.2) is 29.3 Å². The zero-order chi connectivity index (χ0) is 12.0. The van der Waals surface area contributed by atoms with E-state index in [4.69, 9.17) is 0 Å². The molecule has 0 saturated heterocycles. The van der Waals surface area contributed by atoms with Crippen LogP contribution in [-0.2, 0) is 0 Å². The van der Waals surface area contributed by atoms with Crippen molar-refractivity contribution >= 4 is 17.4 Å². The molecule has 16 heavy (non-hydrogen) atoms. The summed E-state index contributed by atoms with van der Waals surface area (Å²) >= 11 is 0. The lowest BCUT2D eigenvalue weighted by Gasteiger charge is -2.07. The fraction of sp³-hybridized carbons (Fsp3) is 0.333. The van der Waals surface area contributed by atoms with Gasteiger partial charge >= 0.3 is 0 Å². The van der Waals surface area contributed by atoms with Gasteiger partial charge in [0.05, 0.1) is 0 Å². The first-order valence-electron chi connectivity index (χ1n) is 5.26. The molecule has 0 heterocycles. The highest BCUT2D eigenvalue weighted by Crippen LogP contribution is 2.10. The number of nitrogens with one attached hydrogen (secondary N) is 2. The minimum atomic E-state index is -0.0774. The zero-order valence-electron chi connectivity index (χ0n) is 9.87. The lowest BCUT2D eigenvalue weighted by Crippen LogP contribution is -2.17. The third-order valence-corrected chi connectivity index (χ3v) is 2.27. The molecule has 4 nitrogen and oxygen atoms in total. The number of carbonyl (C=O) groups is 1. The van der Waals surface area contributed by atoms with Crippen molar-refractivity contribution in [1.29, 1.82) is 0 Å². The second kappa shape index (κ2) is 5.90. The van der Waals surface area contributed by atoms with Crippen molar-refractivity contribution in [2.45, 2.75) is 13.3 Å². The van der Waals surface area contributed by atoms with Gasteiger partial charge in [-0.05, 0) is 24.3 Å². The largest absolute Gasteiger partial charge is 0.355 e. The van der Waals surface area contributed by atoms with Crippen molar-refractivity contribution in [1.82, 2.24) is 5.32 Å². The highest BCUT2D eigenvalue weighted by Gasteiger charge is 2.02. The fourth-order valence-electron chi connectivity index (χ4n) is 1.32. The number of amidine groups is 1. The number of amides is 1. The Morgan fingerprint density at radius 3 is 2.38 bits per heavy atom. The Morgan fingerprint density at radius 2 is 1.94 bits per heavy atom. The van der Waals surface area contributed by atoms with E-state index in [0.717, 1.165) is 17.9 Å². The average Bonchev–Trinajstić information content (AvgIpc) is 2.35. The van der Waals surface area contributed by atoms with Crippen LogP contribution in [0.5, 0.6) is 0 Å². The van der Waals surface area contributed by atoms with Crippen LogP contribution in [-0.4, -0.2) is 25.8 Å². The first-order chi connectivity index (χ1) is 7.71. The molecule has 1 aromatic carbocycles. The van der Waals surface area contributed by atoms with Crippen molar-refractivity contribution < 1.29 is 4.79 Å². The molecule has 0 radical (unpaired) electrons. The van der Waals surface area contributed by atoms with Crippen LogP contribution in [0.25, 0.3) is 0 Å². The van der Waals surface area contributed by atoms with Gasteiger partial charge in [0.2, 0.25) is 0 Å². The topological polar surface area (TPSA) is 53.5 Å². The van der Waals surface area contributed by atoms with Crippen molar-refractivity contribution in [3.8, 4) is 0 Å². The van der Waals surface area contributed by atoms with Gasteiger partial charge in [0.15, 0.2) is 0 Å². The van der Waals surface area contributed by atoms with E-state index in [9.17, 15) is 4.79 Å². The normalized spacial score (nSPS) is 11.1. The number of benzene rings is 1. The molecule has 0 bridgehead atoms. The lowest BCUT2D eigenvalue weighted by molar-refractivity contribution is 0.0963. The monoisotopic (exact) mass is 219 g/mol. The van der Waals surface area contributed by atoms with Crippen LogP contribution < -0.4 is 10.6 Å². The predicted octanol–water partition coefficient (Wildman–Crippen LogP) is 1.90. The molecule has 0 aromatic heterocycles. The van der Waals surface area contributed by atoms with Gasteiger partial charge in [0.1, 0.15) is 5.84 Å². The van der Waals surface area contributed by atoms with Gasteiger partial charge < -0.3 is 10.6 Å². The Kier molecular flexibility index (Phi) is 4.51. The fourth-order valence-corrected chi connectivity index (χ4v) is 1.32. The number of aliphatic imine (C=N–C) groups is 1. The molecule has 86 valence electrons. The van der Waals surface area contributed by atoms with E-state index in [1.807, 2.05) is 19.1 Å². The molecule has 0 saturated carbocycles. The van der Waals surface area contributed by atoms with Gasteiger partial charge in [0, 0.05) is 31.8 Å². The number of carbonyl (C=O) groups excluding carboxylic acids is 1. The van der Waals surface area contributed by atoms with E-state index in [1.54, 1.807) is 26.2 Å². The molecule has 2 N–H and O–H groups in total. The molecule has 0 fully saturated rings. The predicted molar refractivity (Wildman–Crippen MR) is 67.1 cm³/mol. The van der Waals surface area contributed by atoms with Crippen LogP contribution >= 0.6 is 0 Å². The van der Waals surface area contributed by atoms with Crippen LogP contribution in [0.2, 0.25) is 0 Å². The summed E-state index contributed by atoms with van der Waals surface area (Å²) in [6.07, 6.45) is 0.855. The summed E-state index contributed by atoms with van der Waals surface area (Å²) in [5.74, 6) is 0.846. The van der Waals surface area contributed by atoms with Gasteiger partial charge in [-0.25, -0.2) is 0 Å². The summed E-state index contributed by atoms with van der Waals surface area (Å²) < 4.78 is 0. The second-order valence-electron chi connectivity index (χ2n) is 3.31. The maximum absolute atomic E-state index is 11.3. The Balaban J connectivity index is 2.75. The Bertz CT molecular complexity index is 382. The van der Waals surface area contributed by atoms with E-state index in [1.165, 1.54) is 0 Å². The molecule has 1 rings (SSSR count). The van der Waals surface area contributed by atoms with Crippen LogP contribution in [0.3, 0.4) is 0 Å². The van der Waals surface area contributed by atoms with Crippen molar-refractivity contribution in [3.05, 3.63) is 29.8 Å². The Hall–Kier alpha value is -1.84. The van der Waals surface area contributed by atoms with Crippen LogP contribution in [0, 0.1) is 0 Å². The van der Waals surface area contributed by atoms with Crippen molar-refractivity contribution in [2.75, 3.05) is 19.4 Å². The van der Waals surface area contributed by atoms with E-state index in [2.05, 4.69) is 15.6 Å². The quantitative estimate of drug-likeness (QED) is 0.602. The lowest BCUT2D eigenvalue weighted by atomic mass is 10.2. The molecular weight excluding hydrogens is 202 g/mol. The Labute approximate surface area is 95.8 Å². The Morgan fingerprint density at radius 1 is 1.31 bits per heavy atom. The van der Waals surface area contributed by atoms with E-state index < -0.39 is 0 Å². The van der Waals surface area contributed by atoms with Crippen molar-refractivity contribution in [3.63, 3.8) is 0 Å². The molecule has 4 heteroatoms. The number of rotatable bonds is 3. The van der Waals surface area contributed by atoms with E-state index in [-0.39, 0.29) is 5.91 Å². The summed E-state index contributed by atoms with van der Waals surface area (Å²) in [6, 6.07) is 7.30. The molecular formula is C12H17N3O. The van der Waals surface area contributed by atoms with Crippen LogP contribution in [0.4, 0.5) is 5.69 Å². The molecule has 0 aliphatic rings. The molecule has 0 aliphatic heterocycles. The minimum absolute atomic E-state index is 0.0774.